The van der Waals surface area contributed by atoms with E-state index in [0.717, 1.165) is 22.3 Å². The van der Waals surface area contributed by atoms with Crippen LogP contribution in [0.25, 0.3) is 22.9 Å². The first-order valence-corrected chi connectivity index (χ1v) is 13.3. The lowest BCUT2D eigenvalue weighted by atomic mass is 10.1. The number of thiazole rings is 1. The van der Waals surface area contributed by atoms with Crippen LogP contribution in [0.5, 0.6) is 11.5 Å². The van der Waals surface area contributed by atoms with Crippen molar-refractivity contribution in [1.82, 2.24) is 4.98 Å². The van der Waals surface area contributed by atoms with Gasteiger partial charge in [-0.05, 0) is 47.0 Å². The third-order valence-electron chi connectivity index (χ3n) is 5.98. The molecule has 0 spiro atoms. The number of nitro groups is 1. The Labute approximate surface area is 235 Å². The molecule has 0 unspecified atom stereocenters. The van der Waals surface area contributed by atoms with Crippen molar-refractivity contribution in [2.75, 3.05) is 0 Å². The molecule has 0 saturated carbocycles. The largest absolute Gasteiger partial charge is 0.485 e. The van der Waals surface area contributed by atoms with E-state index in [1.807, 2.05) is 84.2 Å². The number of nitriles is 1. The summed E-state index contributed by atoms with van der Waals surface area (Å²) in [4.78, 5) is 15.1. The maximum absolute atomic E-state index is 10.9. The van der Waals surface area contributed by atoms with E-state index in [-0.39, 0.29) is 5.69 Å². The van der Waals surface area contributed by atoms with Crippen LogP contribution in [0.15, 0.2) is 109 Å². The van der Waals surface area contributed by atoms with Gasteiger partial charge in [-0.2, -0.15) is 5.26 Å². The average molecular weight is 546 g/mol. The topological polar surface area (TPSA) is 98.3 Å². The highest BCUT2D eigenvalue weighted by molar-refractivity contribution is 7.11. The second kappa shape index (κ2) is 12.5. The van der Waals surface area contributed by atoms with Gasteiger partial charge in [0, 0.05) is 23.1 Å². The molecule has 1 heterocycles. The summed E-state index contributed by atoms with van der Waals surface area (Å²) < 4.78 is 12.3. The van der Waals surface area contributed by atoms with Crippen LogP contribution >= 0.6 is 11.3 Å². The average Bonchev–Trinajstić information content (AvgIpc) is 3.49. The number of aromatic nitrogens is 1. The van der Waals surface area contributed by atoms with E-state index in [0.29, 0.717) is 41.0 Å². The Hall–Kier alpha value is -5.26. The van der Waals surface area contributed by atoms with Gasteiger partial charge >= 0.3 is 0 Å². The van der Waals surface area contributed by atoms with Gasteiger partial charge in [0.15, 0.2) is 11.5 Å². The third kappa shape index (κ3) is 6.59. The molecule has 0 aliphatic rings. The monoisotopic (exact) mass is 545 g/mol. The molecule has 8 heteroatoms. The van der Waals surface area contributed by atoms with E-state index in [2.05, 4.69) is 11.1 Å². The maximum atomic E-state index is 10.9. The highest BCUT2D eigenvalue weighted by atomic mass is 32.1. The summed E-state index contributed by atoms with van der Waals surface area (Å²) in [7, 11) is 0. The van der Waals surface area contributed by atoms with Gasteiger partial charge in [0.05, 0.1) is 16.2 Å². The maximum Gasteiger partial charge on any atom is 0.269 e. The van der Waals surface area contributed by atoms with Crippen molar-refractivity contribution in [2.45, 2.75) is 13.2 Å². The van der Waals surface area contributed by atoms with Crippen molar-refractivity contribution in [3.63, 3.8) is 0 Å². The van der Waals surface area contributed by atoms with E-state index in [4.69, 9.17) is 9.47 Å². The number of benzene rings is 4. The van der Waals surface area contributed by atoms with Gasteiger partial charge in [-0.1, -0.05) is 66.7 Å². The molecular formula is C32H23N3O4S. The van der Waals surface area contributed by atoms with Gasteiger partial charge in [-0.25, -0.2) is 4.98 Å². The lowest BCUT2D eigenvalue weighted by Crippen LogP contribution is -2.01. The van der Waals surface area contributed by atoms with Crippen LogP contribution in [0, 0.1) is 21.4 Å². The lowest BCUT2D eigenvalue weighted by molar-refractivity contribution is -0.384. The Morgan fingerprint density at radius 1 is 0.875 bits per heavy atom. The molecule has 1 aromatic heterocycles. The zero-order chi connectivity index (χ0) is 27.7. The van der Waals surface area contributed by atoms with Crippen molar-refractivity contribution in [3.05, 3.63) is 140 Å². The van der Waals surface area contributed by atoms with E-state index < -0.39 is 4.92 Å². The first-order valence-electron chi connectivity index (χ1n) is 12.4. The predicted octanol–water partition coefficient (Wildman–Crippen LogP) is 7.94. The van der Waals surface area contributed by atoms with Crippen molar-refractivity contribution < 1.29 is 14.4 Å². The van der Waals surface area contributed by atoms with Crippen LogP contribution in [0.4, 0.5) is 5.69 Å². The normalized spacial score (nSPS) is 11.0. The molecule has 4 aromatic carbocycles. The highest BCUT2D eigenvalue weighted by Gasteiger charge is 2.13. The fraction of sp³-hybridized carbons (Fsp3) is 0.0625. The standard InChI is InChI=1S/C32H23N3O4S/c33-19-27(32-34-29(22-40-32)26-12-14-28(15-13-26)35(36)37)17-25-11-16-30(38-20-23-7-3-1-4-8-23)31(18-25)39-21-24-9-5-2-6-10-24/h1-18,22H,20-21H2. The molecule has 5 aromatic rings. The fourth-order valence-corrected chi connectivity index (χ4v) is 4.70. The predicted molar refractivity (Wildman–Crippen MR) is 156 cm³/mol. The summed E-state index contributed by atoms with van der Waals surface area (Å²) >= 11 is 1.34. The molecular weight excluding hydrogens is 522 g/mol. The Bertz CT molecular complexity index is 1680. The Kier molecular flexibility index (Phi) is 8.25. The molecule has 0 radical (unpaired) electrons. The van der Waals surface area contributed by atoms with Crippen molar-refractivity contribution in [1.29, 1.82) is 5.26 Å². The number of allylic oxidation sites excluding steroid dienone is 1. The van der Waals surface area contributed by atoms with E-state index in [1.165, 1.54) is 23.5 Å². The van der Waals surface area contributed by atoms with Gasteiger partial charge in [0.2, 0.25) is 0 Å². The summed E-state index contributed by atoms with van der Waals surface area (Å²) in [5.41, 5.74) is 4.62. The fourth-order valence-electron chi connectivity index (χ4n) is 3.91. The molecule has 196 valence electrons. The molecule has 40 heavy (non-hydrogen) atoms. The SMILES string of the molecule is N#CC(=Cc1ccc(OCc2ccccc2)c(OCc2ccccc2)c1)c1nc(-c2ccc([N+](=O)[O-])cc2)cs1. The molecule has 0 bridgehead atoms. The van der Waals surface area contributed by atoms with Crippen LogP contribution in [0.3, 0.4) is 0 Å². The van der Waals surface area contributed by atoms with Gasteiger partial charge in [0.1, 0.15) is 24.3 Å². The summed E-state index contributed by atoms with van der Waals surface area (Å²) in [6.45, 7) is 0.762. The summed E-state index contributed by atoms with van der Waals surface area (Å²) in [6.07, 6.45) is 1.76. The minimum absolute atomic E-state index is 0.0123. The van der Waals surface area contributed by atoms with Crippen LogP contribution < -0.4 is 9.47 Å². The number of rotatable bonds is 10. The molecule has 0 fully saturated rings. The number of non-ortho nitro benzene ring substituents is 1. The zero-order valence-electron chi connectivity index (χ0n) is 21.3. The first kappa shape index (κ1) is 26.4. The van der Waals surface area contributed by atoms with Gasteiger partial charge in [-0.15, -0.1) is 11.3 Å². The van der Waals surface area contributed by atoms with E-state index in [1.54, 1.807) is 18.2 Å². The number of hydrogen-bond acceptors (Lipinski definition) is 7. The van der Waals surface area contributed by atoms with E-state index >= 15 is 0 Å². The molecule has 0 aliphatic carbocycles. The molecule has 5 rings (SSSR count). The highest BCUT2D eigenvalue weighted by Crippen LogP contribution is 2.33. The molecule has 0 aliphatic heterocycles. The first-order chi connectivity index (χ1) is 19.6. The Morgan fingerprint density at radius 2 is 1.50 bits per heavy atom. The van der Waals surface area contributed by atoms with Crippen molar-refractivity contribution >= 4 is 28.7 Å². The second-order valence-corrected chi connectivity index (χ2v) is 9.62. The lowest BCUT2D eigenvalue weighted by Gasteiger charge is -2.14. The molecule has 0 atom stereocenters. The van der Waals surface area contributed by atoms with Crippen LogP contribution in [-0.2, 0) is 13.2 Å². The zero-order valence-corrected chi connectivity index (χ0v) is 22.1. The quantitative estimate of drug-likeness (QED) is 0.100. The third-order valence-corrected chi connectivity index (χ3v) is 6.86. The minimum Gasteiger partial charge on any atom is -0.485 e. The molecule has 0 N–H and O–H groups in total. The number of ether oxygens (including phenoxy) is 2. The Morgan fingerprint density at radius 3 is 2.10 bits per heavy atom. The van der Waals surface area contributed by atoms with Crippen LogP contribution in [0.2, 0.25) is 0 Å². The number of nitrogens with zero attached hydrogens (tertiary/aromatic N) is 3. The van der Waals surface area contributed by atoms with Gasteiger partial charge in [-0.3, -0.25) is 10.1 Å². The molecule has 0 saturated heterocycles. The van der Waals surface area contributed by atoms with Crippen LogP contribution in [-0.4, -0.2) is 9.91 Å². The molecule has 7 nitrogen and oxygen atoms in total. The second-order valence-electron chi connectivity index (χ2n) is 8.77. The number of nitro benzene ring substituents is 1. The van der Waals surface area contributed by atoms with E-state index in [9.17, 15) is 15.4 Å². The van der Waals surface area contributed by atoms with Crippen molar-refractivity contribution in [3.8, 4) is 28.8 Å². The number of hydrogen-bond donors (Lipinski definition) is 0. The van der Waals surface area contributed by atoms with Gasteiger partial charge < -0.3 is 9.47 Å². The smallest absolute Gasteiger partial charge is 0.269 e. The summed E-state index contributed by atoms with van der Waals surface area (Å²) in [5, 5.41) is 23.2. The van der Waals surface area contributed by atoms with Gasteiger partial charge in [0.25, 0.3) is 5.69 Å². The summed E-state index contributed by atoms with van der Waals surface area (Å²) in [5.74, 6) is 1.17. The minimum atomic E-state index is -0.442. The van der Waals surface area contributed by atoms with Crippen molar-refractivity contribution in [2.24, 2.45) is 0 Å². The van der Waals surface area contributed by atoms with Crippen LogP contribution in [0.1, 0.15) is 21.7 Å². The molecule has 0 amide bonds. The summed E-state index contributed by atoms with van der Waals surface area (Å²) in [6, 6.07) is 33.7. The Balaban J connectivity index is 1.40.